The quantitative estimate of drug-likeness (QED) is 0.625. The van der Waals surface area contributed by atoms with Gasteiger partial charge in [0, 0.05) is 31.0 Å². The van der Waals surface area contributed by atoms with Gasteiger partial charge in [-0.3, -0.25) is 4.98 Å². The van der Waals surface area contributed by atoms with Gasteiger partial charge in [-0.2, -0.15) is 5.10 Å². The third-order valence-electron chi connectivity index (χ3n) is 5.64. The standard InChI is InChI=1S/C22H24N6.C2H6/c1-3-17-10-20(12-23-11-17)27-14-18-15-28(25-22(18)16(27)2)19-6-7-21(24-13-19)26-8-4-5-9-26;1-2/h6-7,10-13,15H,2-5,8-9,14H2,1H3;1-2H3. The van der Waals surface area contributed by atoms with Gasteiger partial charge in [0.05, 0.1) is 36.0 Å². The molecule has 5 heterocycles. The highest BCUT2D eigenvalue weighted by atomic mass is 15.3. The fourth-order valence-electron chi connectivity index (χ4n) is 4.00. The minimum atomic E-state index is 0.766. The molecule has 3 aromatic rings. The fourth-order valence-corrected chi connectivity index (χ4v) is 4.00. The number of hydrogen-bond acceptors (Lipinski definition) is 5. The molecule has 1 fully saturated rings. The second kappa shape index (κ2) is 8.69. The molecular weight excluding hydrogens is 372 g/mol. The average molecular weight is 403 g/mol. The van der Waals surface area contributed by atoms with E-state index in [0.29, 0.717) is 0 Å². The van der Waals surface area contributed by atoms with E-state index in [-0.39, 0.29) is 0 Å². The number of rotatable bonds is 4. The molecule has 0 spiro atoms. The van der Waals surface area contributed by atoms with Crippen LogP contribution in [-0.2, 0) is 13.0 Å². The maximum absolute atomic E-state index is 4.79. The Labute approximate surface area is 178 Å². The molecule has 2 aliphatic rings. The van der Waals surface area contributed by atoms with Crippen LogP contribution in [0, 0.1) is 0 Å². The summed E-state index contributed by atoms with van der Waals surface area (Å²) in [6, 6.07) is 6.37. The van der Waals surface area contributed by atoms with Gasteiger partial charge in [0.1, 0.15) is 11.5 Å². The molecule has 0 aliphatic carbocycles. The van der Waals surface area contributed by atoms with Gasteiger partial charge in [0.25, 0.3) is 0 Å². The predicted molar refractivity (Wildman–Crippen MR) is 123 cm³/mol. The second-order valence-electron chi connectivity index (χ2n) is 7.45. The number of aromatic nitrogens is 4. The van der Waals surface area contributed by atoms with Crippen LogP contribution in [0.15, 0.2) is 49.6 Å². The Morgan fingerprint density at radius 3 is 2.50 bits per heavy atom. The topological polar surface area (TPSA) is 50.1 Å². The van der Waals surface area contributed by atoms with Crippen LogP contribution >= 0.6 is 0 Å². The van der Waals surface area contributed by atoms with E-state index in [4.69, 9.17) is 5.10 Å². The first kappa shape index (κ1) is 20.1. The lowest BCUT2D eigenvalue weighted by Crippen LogP contribution is -2.18. The molecule has 0 saturated carbocycles. The van der Waals surface area contributed by atoms with E-state index in [0.717, 1.165) is 54.6 Å². The molecule has 30 heavy (non-hydrogen) atoms. The van der Waals surface area contributed by atoms with Crippen LogP contribution in [0.3, 0.4) is 0 Å². The third-order valence-corrected chi connectivity index (χ3v) is 5.64. The van der Waals surface area contributed by atoms with E-state index in [1.165, 1.54) is 24.0 Å². The smallest absolute Gasteiger partial charge is 0.128 e. The lowest BCUT2D eigenvalue weighted by atomic mass is 10.2. The van der Waals surface area contributed by atoms with E-state index in [1.807, 2.05) is 37.1 Å². The first-order valence-corrected chi connectivity index (χ1v) is 10.9. The van der Waals surface area contributed by atoms with Crippen molar-refractivity contribution < 1.29 is 0 Å². The lowest BCUT2D eigenvalue weighted by molar-refractivity contribution is 0.853. The fraction of sp³-hybridized carbons (Fsp3) is 0.375. The normalized spacial score (nSPS) is 15.2. The van der Waals surface area contributed by atoms with Crippen LogP contribution in [-0.4, -0.2) is 32.8 Å². The summed E-state index contributed by atoms with van der Waals surface area (Å²) < 4.78 is 1.91. The van der Waals surface area contributed by atoms with Gasteiger partial charge < -0.3 is 9.80 Å². The van der Waals surface area contributed by atoms with Crippen molar-refractivity contribution in [3.63, 3.8) is 0 Å². The molecule has 2 aliphatic heterocycles. The molecule has 0 unspecified atom stereocenters. The summed E-state index contributed by atoms with van der Waals surface area (Å²) in [6.07, 6.45) is 11.3. The zero-order valence-electron chi connectivity index (χ0n) is 18.2. The van der Waals surface area contributed by atoms with Crippen LogP contribution in [0.4, 0.5) is 11.5 Å². The Kier molecular flexibility index (Phi) is 5.84. The van der Waals surface area contributed by atoms with Crippen molar-refractivity contribution in [2.45, 2.75) is 46.6 Å². The van der Waals surface area contributed by atoms with Crippen molar-refractivity contribution >= 4 is 17.2 Å². The van der Waals surface area contributed by atoms with Gasteiger partial charge in [-0.1, -0.05) is 27.4 Å². The van der Waals surface area contributed by atoms with Crippen LogP contribution in [0.25, 0.3) is 11.4 Å². The van der Waals surface area contributed by atoms with E-state index in [1.54, 1.807) is 0 Å². The highest BCUT2D eigenvalue weighted by molar-refractivity contribution is 5.81. The Balaban J connectivity index is 0.00000106. The lowest BCUT2D eigenvalue weighted by Gasteiger charge is -2.20. The Hall–Kier alpha value is -3.15. The molecule has 0 aromatic carbocycles. The Morgan fingerprint density at radius 1 is 1.03 bits per heavy atom. The minimum absolute atomic E-state index is 0.766. The van der Waals surface area contributed by atoms with Crippen LogP contribution in [0.1, 0.15) is 50.4 Å². The first-order chi connectivity index (χ1) is 14.7. The first-order valence-electron chi connectivity index (χ1n) is 10.9. The molecule has 0 amide bonds. The van der Waals surface area contributed by atoms with Crippen molar-refractivity contribution in [2.24, 2.45) is 0 Å². The molecule has 0 bridgehead atoms. The molecule has 6 heteroatoms. The summed E-state index contributed by atoms with van der Waals surface area (Å²) in [7, 11) is 0. The molecule has 6 nitrogen and oxygen atoms in total. The maximum atomic E-state index is 4.79. The molecule has 156 valence electrons. The van der Waals surface area contributed by atoms with Crippen molar-refractivity contribution in [1.29, 1.82) is 0 Å². The van der Waals surface area contributed by atoms with Crippen molar-refractivity contribution in [3.05, 3.63) is 66.4 Å². The highest BCUT2D eigenvalue weighted by Crippen LogP contribution is 2.35. The Morgan fingerprint density at radius 2 is 1.83 bits per heavy atom. The highest BCUT2D eigenvalue weighted by Gasteiger charge is 2.27. The summed E-state index contributed by atoms with van der Waals surface area (Å²) in [6.45, 7) is 13.4. The molecule has 0 atom stereocenters. The van der Waals surface area contributed by atoms with Gasteiger partial charge in [0.2, 0.25) is 0 Å². The number of pyridine rings is 2. The number of anilines is 2. The third kappa shape index (κ3) is 3.70. The zero-order valence-corrected chi connectivity index (χ0v) is 18.2. The summed E-state index contributed by atoms with van der Waals surface area (Å²) in [5.74, 6) is 1.06. The SMILES string of the molecule is C=C1c2nn(-c3ccc(N4CCCC4)nc3)cc2CN1c1cncc(CC)c1.CC. The molecule has 0 radical (unpaired) electrons. The predicted octanol–water partition coefficient (Wildman–Crippen LogP) is 4.84. The van der Waals surface area contributed by atoms with Gasteiger partial charge in [-0.15, -0.1) is 0 Å². The van der Waals surface area contributed by atoms with Gasteiger partial charge in [-0.05, 0) is 43.0 Å². The number of aryl methyl sites for hydroxylation is 1. The average Bonchev–Trinajstić information content (AvgIpc) is 3.54. The molecule has 5 rings (SSSR count). The van der Waals surface area contributed by atoms with Crippen LogP contribution < -0.4 is 9.80 Å². The number of hydrogen-bond donors (Lipinski definition) is 0. The summed E-state index contributed by atoms with van der Waals surface area (Å²) in [4.78, 5) is 13.5. The van der Waals surface area contributed by atoms with Gasteiger partial charge >= 0.3 is 0 Å². The minimum Gasteiger partial charge on any atom is -0.357 e. The van der Waals surface area contributed by atoms with Crippen molar-refractivity contribution in [2.75, 3.05) is 22.9 Å². The van der Waals surface area contributed by atoms with E-state index in [2.05, 4.69) is 57.7 Å². The molecule has 0 N–H and O–H groups in total. The van der Waals surface area contributed by atoms with Crippen molar-refractivity contribution in [3.8, 4) is 5.69 Å². The van der Waals surface area contributed by atoms with Gasteiger partial charge in [-0.25, -0.2) is 9.67 Å². The van der Waals surface area contributed by atoms with Crippen LogP contribution in [0.2, 0.25) is 0 Å². The van der Waals surface area contributed by atoms with Crippen molar-refractivity contribution in [1.82, 2.24) is 19.7 Å². The summed E-state index contributed by atoms with van der Waals surface area (Å²) >= 11 is 0. The number of nitrogens with zero attached hydrogens (tertiary/aromatic N) is 6. The second-order valence-corrected chi connectivity index (χ2v) is 7.45. The Bertz CT molecular complexity index is 1010. The van der Waals surface area contributed by atoms with Gasteiger partial charge in [0.15, 0.2) is 0 Å². The number of fused-ring (bicyclic) bond motifs is 1. The summed E-state index contributed by atoms with van der Waals surface area (Å²) in [5, 5.41) is 4.79. The van der Waals surface area contributed by atoms with E-state index < -0.39 is 0 Å². The monoisotopic (exact) mass is 402 g/mol. The maximum Gasteiger partial charge on any atom is 0.128 e. The zero-order chi connectivity index (χ0) is 21.1. The molecule has 3 aromatic heterocycles. The van der Waals surface area contributed by atoms with Crippen LogP contribution in [0.5, 0.6) is 0 Å². The van der Waals surface area contributed by atoms with E-state index >= 15 is 0 Å². The largest absolute Gasteiger partial charge is 0.357 e. The molecular formula is C24H30N6. The van der Waals surface area contributed by atoms with E-state index in [9.17, 15) is 0 Å². The summed E-state index contributed by atoms with van der Waals surface area (Å²) in [5.41, 5.74) is 6.33. The molecule has 1 saturated heterocycles.